The van der Waals surface area contributed by atoms with Crippen molar-refractivity contribution in [3.05, 3.63) is 64.4 Å². The molecule has 2 aromatic rings. The van der Waals surface area contributed by atoms with Crippen molar-refractivity contribution in [1.29, 1.82) is 0 Å². The van der Waals surface area contributed by atoms with E-state index in [9.17, 15) is 14.0 Å². The van der Waals surface area contributed by atoms with E-state index >= 15 is 0 Å². The topological polar surface area (TPSA) is 67.4 Å². The van der Waals surface area contributed by atoms with Gasteiger partial charge in [-0.15, -0.1) is 0 Å². The summed E-state index contributed by atoms with van der Waals surface area (Å²) in [6, 6.07) is 13.0. The van der Waals surface area contributed by atoms with Crippen molar-refractivity contribution in [3.8, 4) is 5.75 Å². The normalized spacial score (nSPS) is 11.5. The van der Waals surface area contributed by atoms with Crippen molar-refractivity contribution in [3.63, 3.8) is 0 Å². The highest BCUT2D eigenvalue weighted by Crippen LogP contribution is 2.18. The molecule has 0 aromatic heterocycles. The van der Waals surface area contributed by atoms with Crippen LogP contribution in [0.4, 0.5) is 4.39 Å². The summed E-state index contributed by atoms with van der Waals surface area (Å²) < 4.78 is 19.1. The van der Waals surface area contributed by atoms with Crippen LogP contribution in [0.5, 0.6) is 5.75 Å². The maximum Gasteiger partial charge on any atom is 0.279 e. The van der Waals surface area contributed by atoms with Crippen molar-refractivity contribution in [2.45, 2.75) is 25.9 Å². The molecule has 0 saturated carbocycles. The molecule has 1 atom stereocenters. The Bertz CT molecular complexity index is 737. The Balaban J connectivity index is 1.72. The summed E-state index contributed by atoms with van der Waals surface area (Å²) in [5.41, 5.74) is 5.51. The lowest BCUT2D eigenvalue weighted by Gasteiger charge is -2.15. The molecule has 0 aliphatic carbocycles. The summed E-state index contributed by atoms with van der Waals surface area (Å²) in [5, 5.41) is 0. The first-order valence-corrected chi connectivity index (χ1v) is 8.48. The number of hydrogen-bond acceptors (Lipinski definition) is 3. The number of carbonyl (C=O) groups is 2. The average Bonchev–Trinajstić information content (AvgIpc) is 2.59. The van der Waals surface area contributed by atoms with Crippen LogP contribution < -0.4 is 15.6 Å². The first-order chi connectivity index (χ1) is 11.9. The van der Waals surface area contributed by atoms with Gasteiger partial charge in [-0.25, -0.2) is 4.39 Å². The van der Waals surface area contributed by atoms with E-state index in [-0.39, 0.29) is 18.1 Å². The Morgan fingerprint density at radius 2 is 1.88 bits per heavy atom. The molecule has 0 bridgehead atoms. The zero-order valence-electron chi connectivity index (χ0n) is 13.6. The molecule has 0 radical (unpaired) electrons. The van der Waals surface area contributed by atoms with E-state index in [2.05, 4.69) is 26.8 Å². The number of nitrogens with one attached hydrogen (secondary N) is 2. The number of hydrogen-bond donors (Lipinski definition) is 2. The molecule has 0 saturated heterocycles. The Morgan fingerprint density at radius 3 is 2.56 bits per heavy atom. The number of aryl methyl sites for hydroxylation is 1. The first kappa shape index (κ1) is 18.9. The van der Waals surface area contributed by atoms with E-state index in [0.717, 1.165) is 10.0 Å². The minimum atomic E-state index is -0.772. The molecular weight excluding hydrogens is 391 g/mol. The molecule has 2 rings (SSSR count). The number of ether oxygens (including phenoxy) is 1. The van der Waals surface area contributed by atoms with Gasteiger partial charge in [0, 0.05) is 10.9 Å². The summed E-state index contributed by atoms with van der Waals surface area (Å²) in [6.07, 6.45) is -0.148. The molecule has 0 fully saturated rings. The maximum absolute atomic E-state index is 12.8. The van der Waals surface area contributed by atoms with Crippen LogP contribution in [-0.4, -0.2) is 17.9 Å². The monoisotopic (exact) mass is 408 g/mol. The largest absolute Gasteiger partial charge is 0.481 e. The minimum absolute atomic E-state index is 0.173. The standard InChI is InChI=1S/C18H18BrFN2O3/c1-12(25-16-4-2-3-14(19)11-16)18(24)22-21-17(23)10-7-13-5-8-15(20)9-6-13/h2-6,8-9,11-12H,7,10H2,1H3,(H,21,23)(H,22,24). The summed E-state index contributed by atoms with van der Waals surface area (Å²) >= 11 is 3.32. The fourth-order valence-corrected chi connectivity index (χ4v) is 2.38. The van der Waals surface area contributed by atoms with E-state index in [1.54, 1.807) is 37.3 Å². The van der Waals surface area contributed by atoms with Crippen LogP contribution in [0.15, 0.2) is 53.0 Å². The molecule has 2 aromatic carbocycles. The molecular formula is C18H18BrFN2O3. The van der Waals surface area contributed by atoms with Crippen LogP contribution in [0, 0.1) is 5.82 Å². The number of benzene rings is 2. The molecule has 132 valence electrons. The highest BCUT2D eigenvalue weighted by Gasteiger charge is 2.15. The van der Waals surface area contributed by atoms with Gasteiger partial charge in [0.2, 0.25) is 5.91 Å². The average molecular weight is 409 g/mol. The third kappa shape index (κ3) is 6.54. The maximum atomic E-state index is 12.8. The molecule has 0 heterocycles. The predicted octanol–water partition coefficient (Wildman–Crippen LogP) is 3.14. The summed E-state index contributed by atoms with van der Waals surface area (Å²) in [7, 11) is 0. The number of carbonyl (C=O) groups excluding carboxylic acids is 2. The Labute approximate surface area is 153 Å². The number of hydrazine groups is 1. The van der Waals surface area contributed by atoms with E-state index in [0.29, 0.717) is 12.2 Å². The van der Waals surface area contributed by atoms with Crippen LogP contribution in [-0.2, 0) is 16.0 Å². The molecule has 0 aliphatic rings. The van der Waals surface area contributed by atoms with Crippen molar-refractivity contribution in [2.24, 2.45) is 0 Å². The fourth-order valence-electron chi connectivity index (χ4n) is 2.00. The second-order valence-electron chi connectivity index (χ2n) is 5.38. The van der Waals surface area contributed by atoms with Crippen molar-refractivity contribution in [2.75, 3.05) is 0 Å². The highest BCUT2D eigenvalue weighted by molar-refractivity contribution is 9.10. The fraction of sp³-hybridized carbons (Fsp3) is 0.222. The lowest BCUT2D eigenvalue weighted by molar-refractivity contribution is -0.132. The molecule has 1 unspecified atom stereocenters. The second kappa shape index (κ2) is 9.17. The van der Waals surface area contributed by atoms with Crippen molar-refractivity contribution in [1.82, 2.24) is 10.9 Å². The Kier molecular flexibility index (Phi) is 6.94. The van der Waals surface area contributed by atoms with Crippen LogP contribution in [0.1, 0.15) is 18.9 Å². The zero-order valence-corrected chi connectivity index (χ0v) is 15.2. The van der Waals surface area contributed by atoms with Crippen molar-refractivity contribution >= 4 is 27.7 Å². The van der Waals surface area contributed by atoms with Gasteiger partial charge in [0.25, 0.3) is 5.91 Å². The van der Waals surface area contributed by atoms with Gasteiger partial charge in [-0.2, -0.15) is 0 Å². The molecule has 25 heavy (non-hydrogen) atoms. The van der Waals surface area contributed by atoms with Gasteiger partial charge in [-0.1, -0.05) is 34.1 Å². The Morgan fingerprint density at radius 1 is 1.16 bits per heavy atom. The lowest BCUT2D eigenvalue weighted by atomic mass is 10.1. The quantitative estimate of drug-likeness (QED) is 0.721. The lowest BCUT2D eigenvalue weighted by Crippen LogP contribution is -2.47. The third-order valence-corrected chi connectivity index (χ3v) is 3.85. The molecule has 2 N–H and O–H groups in total. The van der Waals surface area contributed by atoms with E-state index in [4.69, 9.17) is 4.74 Å². The predicted molar refractivity (Wildman–Crippen MR) is 95.2 cm³/mol. The second-order valence-corrected chi connectivity index (χ2v) is 6.30. The smallest absolute Gasteiger partial charge is 0.279 e. The van der Waals surface area contributed by atoms with Gasteiger partial charge in [0.1, 0.15) is 11.6 Å². The van der Waals surface area contributed by atoms with Crippen LogP contribution in [0.3, 0.4) is 0 Å². The van der Waals surface area contributed by atoms with Gasteiger partial charge in [-0.05, 0) is 49.2 Å². The van der Waals surface area contributed by atoms with Gasteiger partial charge in [0.05, 0.1) is 0 Å². The van der Waals surface area contributed by atoms with Gasteiger partial charge < -0.3 is 4.74 Å². The summed E-state index contributed by atoms with van der Waals surface area (Å²) in [6.45, 7) is 1.58. The van der Waals surface area contributed by atoms with E-state index in [1.807, 2.05) is 6.07 Å². The van der Waals surface area contributed by atoms with Gasteiger partial charge >= 0.3 is 0 Å². The summed E-state index contributed by atoms with van der Waals surface area (Å²) in [4.78, 5) is 23.7. The third-order valence-electron chi connectivity index (χ3n) is 3.36. The van der Waals surface area contributed by atoms with Crippen molar-refractivity contribution < 1.29 is 18.7 Å². The van der Waals surface area contributed by atoms with Gasteiger partial charge in [-0.3, -0.25) is 20.4 Å². The molecule has 2 amide bonds. The molecule has 5 nitrogen and oxygen atoms in total. The minimum Gasteiger partial charge on any atom is -0.481 e. The molecule has 0 spiro atoms. The van der Waals surface area contributed by atoms with Crippen LogP contribution in [0.2, 0.25) is 0 Å². The van der Waals surface area contributed by atoms with Crippen LogP contribution in [0.25, 0.3) is 0 Å². The highest BCUT2D eigenvalue weighted by atomic mass is 79.9. The van der Waals surface area contributed by atoms with Gasteiger partial charge in [0.15, 0.2) is 6.10 Å². The molecule has 7 heteroatoms. The zero-order chi connectivity index (χ0) is 18.2. The van der Waals surface area contributed by atoms with E-state index < -0.39 is 12.0 Å². The summed E-state index contributed by atoms with van der Waals surface area (Å²) in [5.74, 6) is -0.581. The number of halogens is 2. The van der Waals surface area contributed by atoms with E-state index in [1.165, 1.54) is 12.1 Å². The molecule has 0 aliphatic heterocycles. The Hall–Kier alpha value is -2.41. The van der Waals surface area contributed by atoms with Crippen LogP contribution >= 0.6 is 15.9 Å². The number of amides is 2. The number of rotatable bonds is 6. The SMILES string of the molecule is CC(Oc1cccc(Br)c1)C(=O)NNC(=O)CCc1ccc(F)cc1. The first-order valence-electron chi connectivity index (χ1n) is 7.69.